The second-order valence-electron chi connectivity index (χ2n) is 5.85. The van der Waals surface area contributed by atoms with Gasteiger partial charge in [0.1, 0.15) is 5.41 Å². The minimum Gasteiger partial charge on any atom is -0.469 e. The first-order chi connectivity index (χ1) is 11.4. The quantitative estimate of drug-likeness (QED) is 0.790. The van der Waals surface area contributed by atoms with E-state index in [0.717, 1.165) is 16.7 Å². The Labute approximate surface area is 142 Å². The highest BCUT2D eigenvalue weighted by Gasteiger charge is 2.38. The van der Waals surface area contributed by atoms with Gasteiger partial charge in [-0.15, -0.1) is 0 Å². The third-order valence-corrected chi connectivity index (χ3v) is 4.49. The molecule has 126 valence electrons. The van der Waals surface area contributed by atoms with Gasteiger partial charge in [0.15, 0.2) is 0 Å². The van der Waals surface area contributed by atoms with E-state index >= 15 is 0 Å². The van der Waals surface area contributed by atoms with Gasteiger partial charge in [0.25, 0.3) is 0 Å². The van der Waals surface area contributed by atoms with Gasteiger partial charge in [0.2, 0.25) is 0 Å². The van der Waals surface area contributed by atoms with Crippen molar-refractivity contribution in [2.24, 2.45) is 0 Å². The maximum atomic E-state index is 12.5. The number of ether oxygens (including phenoxy) is 2. The highest BCUT2D eigenvalue weighted by atomic mass is 16.5. The number of benzene rings is 2. The fraction of sp³-hybridized carbons (Fsp3) is 0.300. The molecule has 2 aromatic rings. The van der Waals surface area contributed by atoms with Crippen molar-refractivity contribution in [2.45, 2.75) is 25.2 Å². The van der Waals surface area contributed by atoms with Crippen molar-refractivity contribution in [3.05, 3.63) is 71.3 Å². The van der Waals surface area contributed by atoms with Gasteiger partial charge >= 0.3 is 11.9 Å². The van der Waals surface area contributed by atoms with Gasteiger partial charge in [0, 0.05) is 0 Å². The van der Waals surface area contributed by atoms with Gasteiger partial charge in [-0.2, -0.15) is 0 Å². The Balaban J connectivity index is 2.45. The van der Waals surface area contributed by atoms with E-state index in [0.29, 0.717) is 0 Å². The van der Waals surface area contributed by atoms with Crippen molar-refractivity contribution in [1.82, 2.24) is 0 Å². The number of carbonyl (C=O) groups is 2. The number of rotatable bonds is 5. The summed E-state index contributed by atoms with van der Waals surface area (Å²) < 4.78 is 9.82. The van der Waals surface area contributed by atoms with Gasteiger partial charge in [-0.05, 0) is 30.5 Å². The summed E-state index contributed by atoms with van der Waals surface area (Å²) >= 11 is 0. The van der Waals surface area contributed by atoms with Crippen LogP contribution in [0.15, 0.2) is 54.6 Å². The summed E-state index contributed by atoms with van der Waals surface area (Å²) in [6, 6.07) is 16.9. The van der Waals surface area contributed by atoms with E-state index in [4.69, 9.17) is 9.47 Å². The average Bonchev–Trinajstić information content (AvgIpc) is 2.66. The fourth-order valence-corrected chi connectivity index (χ4v) is 2.80. The van der Waals surface area contributed by atoms with Crippen LogP contribution in [0.25, 0.3) is 0 Å². The van der Waals surface area contributed by atoms with E-state index < -0.39 is 5.41 Å². The first kappa shape index (κ1) is 17.7. The third-order valence-electron chi connectivity index (χ3n) is 4.49. The van der Waals surface area contributed by atoms with Gasteiger partial charge < -0.3 is 9.47 Å². The topological polar surface area (TPSA) is 52.6 Å². The van der Waals surface area contributed by atoms with E-state index in [2.05, 4.69) is 0 Å². The van der Waals surface area contributed by atoms with Crippen molar-refractivity contribution in [1.29, 1.82) is 0 Å². The van der Waals surface area contributed by atoms with Crippen LogP contribution in [0, 0.1) is 0 Å². The molecule has 0 bridgehead atoms. The lowest BCUT2D eigenvalue weighted by Crippen LogP contribution is -2.35. The summed E-state index contributed by atoms with van der Waals surface area (Å²) in [4.78, 5) is 24.2. The molecule has 0 saturated heterocycles. The molecule has 0 heterocycles. The molecule has 0 N–H and O–H groups in total. The molecule has 0 saturated carbocycles. The van der Waals surface area contributed by atoms with Crippen LogP contribution in [0.4, 0.5) is 0 Å². The highest BCUT2D eigenvalue weighted by Crippen LogP contribution is 2.34. The fourth-order valence-electron chi connectivity index (χ4n) is 2.80. The number of hydrogen-bond donors (Lipinski definition) is 0. The van der Waals surface area contributed by atoms with Crippen LogP contribution in [0.5, 0.6) is 0 Å². The Hall–Kier alpha value is -2.62. The number of hydrogen-bond acceptors (Lipinski definition) is 4. The molecule has 2 aromatic carbocycles. The average molecular weight is 326 g/mol. The minimum atomic E-state index is -0.914. The lowest BCUT2D eigenvalue weighted by atomic mass is 9.76. The first-order valence-corrected chi connectivity index (χ1v) is 7.77. The SMILES string of the molecule is COC(=O)C(C)c1ccc(C(C)(C(=O)OC)c2ccccc2)cc1. The number of methoxy groups -OCH3 is 2. The summed E-state index contributed by atoms with van der Waals surface area (Å²) in [5, 5.41) is 0. The van der Waals surface area contributed by atoms with Crippen molar-refractivity contribution >= 4 is 11.9 Å². The Kier molecular flexibility index (Phi) is 5.39. The largest absolute Gasteiger partial charge is 0.469 e. The molecule has 0 spiro atoms. The summed E-state index contributed by atoms with van der Waals surface area (Å²) in [6.45, 7) is 3.63. The van der Waals surface area contributed by atoms with Gasteiger partial charge in [0.05, 0.1) is 20.1 Å². The lowest BCUT2D eigenvalue weighted by molar-refractivity contribution is -0.145. The van der Waals surface area contributed by atoms with E-state index in [1.807, 2.05) is 61.5 Å². The predicted octanol–water partition coefficient (Wildman–Crippen LogP) is 3.44. The highest BCUT2D eigenvalue weighted by molar-refractivity contribution is 5.87. The molecule has 0 fully saturated rings. The van der Waals surface area contributed by atoms with Gasteiger partial charge in [-0.3, -0.25) is 9.59 Å². The van der Waals surface area contributed by atoms with Crippen molar-refractivity contribution in [3.63, 3.8) is 0 Å². The Morgan fingerprint density at radius 3 is 1.92 bits per heavy atom. The second-order valence-corrected chi connectivity index (χ2v) is 5.85. The van der Waals surface area contributed by atoms with Crippen LogP contribution in [0.2, 0.25) is 0 Å². The van der Waals surface area contributed by atoms with E-state index in [1.165, 1.54) is 14.2 Å². The molecule has 2 atom stereocenters. The summed E-state index contributed by atoms with van der Waals surface area (Å²) in [5.74, 6) is -0.978. The van der Waals surface area contributed by atoms with Crippen LogP contribution in [0.1, 0.15) is 36.5 Å². The zero-order valence-electron chi connectivity index (χ0n) is 14.4. The third kappa shape index (κ3) is 3.18. The molecule has 0 radical (unpaired) electrons. The monoisotopic (exact) mass is 326 g/mol. The molecule has 4 heteroatoms. The Morgan fingerprint density at radius 2 is 1.42 bits per heavy atom. The maximum Gasteiger partial charge on any atom is 0.320 e. The zero-order chi connectivity index (χ0) is 17.7. The first-order valence-electron chi connectivity index (χ1n) is 7.77. The van der Waals surface area contributed by atoms with Crippen LogP contribution in [-0.4, -0.2) is 26.2 Å². The lowest BCUT2D eigenvalue weighted by Gasteiger charge is -2.28. The molecule has 0 amide bonds. The van der Waals surface area contributed by atoms with Crippen molar-refractivity contribution in [3.8, 4) is 0 Å². The molecule has 0 aliphatic heterocycles. The maximum absolute atomic E-state index is 12.5. The van der Waals surface area contributed by atoms with Crippen molar-refractivity contribution < 1.29 is 19.1 Å². The van der Waals surface area contributed by atoms with E-state index in [9.17, 15) is 9.59 Å². The molecule has 0 aliphatic carbocycles. The number of esters is 2. The smallest absolute Gasteiger partial charge is 0.320 e. The minimum absolute atomic E-state index is 0.290. The molecule has 24 heavy (non-hydrogen) atoms. The van der Waals surface area contributed by atoms with Gasteiger partial charge in [-0.1, -0.05) is 54.6 Å². The predicted molar refractivity (Wildman–Crippen MR) is 91.8 cm³/mol. The van der Waals surface area contributed by atoms with E-state index in [-0.39, 0.29) is 17.9 Å². The number of carbonyl (C=O) groups excluding carboxylic acids is 2. The molecule has 0 aromatic heterocycles. The van der Waals surface area contributed by atoms with Crippen LogP contribution in [-0.2, 0) is 24.5 Å². The normalized spacial score (nSPS) is 14.3. The summed E-state index contributed by atoms with van der Waals surface area (Å²) in [6.07, 6.45) is 0. The second kappa shape index (κ2) is 7.30. The summed E-state index contributed by atoms with van der Waals surface area (Å²) in [5.41, 5.74) is 1.58. The Bertz CT molecular complexity index is 706. The van der Waals surface area contributed by atoms with Gasteiger partial charge in [-0.25, -0.2) is 0 Å². The van der Waals surface area contributed by atoms with Crippen LogP contribution >= 0.6 is 0 Å². The summed E-state index contributed by atoms with van der Waals surface area (Å²) in [7, 11) is 2.76. The molecular formula is C20H22O4. The Morgan fingerprint density at radius 1 is 0.875 bits per heavy atom. The molecule has 2 unspecified atom stereocenters. The van der Waals surface area contributed by atoms with E-state index in [1.54, 1.807) is 6.92 Å². The zero-order valence-corrected chi connectivity index (χ0v) is 14.4. The molecule has 0 aliphatic rings. The van der Waals surface area contributed by atoms with Crippen LogP contribution < -0.4 is 0 Å². The molecule has 4 nitrogen and oxygen atoms in total. The molecule has 2 rings (SSSR count). The standard InChI is InChI=1S/C20H22O4/c1-14(18(21)23-3)15-10-12-17(13-11-15)20(2,19(22)24-4)16-8-6-5-7-9-16/h5-14H,1-4H3. The van der Waals surface area contributed by atoms with Crippen LogP contribution in [0.3, 0.4) is 0 Å². The molecular weight excluding hydrogens is 304 g/mol. The van der Waals surface area contributed by atoms with Crippen molar-refractivity contribution in [2.75, 3.05) is 14.2 Å².